The molecule has 2 heterocycles. The average molecular weight is 547 g/mol. The summed E-state index contributed by atoms with van der Waals surface area (Å²) in [6.45, 7) is 1.53. The normalized spacial score (nSPS) is 12.2. The van der Waals surface area contributed by atoms with Gasteiger partial charge in [0.15, 0.2) is 5.69 Å². The van der Waals surface area contributed by atoms with E-state index in [1.165, 1.54) is 62.8 Å². The Hall–Kier alpha value is -4.32. The number of carbonyl (C=O) groups excluding carboxylic acids is 2. The molecule has 2 aromatic carbocycles. The van der Waals surface area contributed by atoms with Gasteiger partial charge in [0.05, 0.1) is 11.6 Å². The quantitative estimate of drug-likeness (QED) is 0.323. The fourth-order valence-electron chi connectivity index (χ4n) is 3.49. The number of nitrogens with zero attached hydrogens (tertiary/aromatic N) is 5. The number of halogens is 5. The van der Waals surface area contributed by atoms with Gasteiger partial charge in [0, 0.05) is 41.8 Å². The molecule has 1 atom stereocenters. The van der Waals surface area contributed by atoms with Crippen LogP contribution in [0.5, 0.6) is 0 Å². The van der Waals surface area contributed by atoms with Crippen molar-refractivity contribution in [3.8, 4) is 5.69 Å². The Bertz CT molecular complexity index is 1470. The monoisotopic (exact) mass is 546 g/mol. The van der Waals surface area contributed by atoms with Crippen LogP contribution in [0.1, 0.15) is 34.7 Å². The average Bonchev–Trinajstić information content (AvgIpc) is 3.35. The van der Waals surface area contributed by atoms with Gasteiger partial charge >= 0.3 is 6.18 Å². The lowest BCUT2D eigenvalue weighted by atomic mass is 10.0. The van der Waals surface area contributed by atoms with E-state index in [9.17, 15) is 27.2 Å². The molecule has 1 N–H and O–H groups in total. The summed E-state index contributed by atoms with van der Waals surface area (Å²) in [5.74, 6) is -2.89. The summed E-state index contributed by atoms with van der Waals surface area (Å²) in [6.07, 6.45) is -2.19. The van der Waals surface area contributed by atoms with Crippen molar-refractivity contribution < 1.29 is 27.2 Å². The highest BCUT2D eigenvalue weighted by Crippen LogP contribution is 2.33. The first-order valence-corrected chi connectivity index (χ1v) is 11.4. The zero-order valence-electron chi connectivity index (χ0n) is 19.9. The van der Waals surface area contributed by atoms with Crippen LogP contribution in [0.15, 0.2) is 67.0 Å². The highest BCUT2D eigenvalue weighted by Gasteiger charge is 2.36. The Balaban J connectivity index is 1.56. The maximum atomic E-state index is 13.5. The Morgan fingerprint density at radius 2 is 1.71 bits per heavy atom. The summed E-state index contributed by atoms with van der Waals surface area (Å²) in [4.78, 5) is 34.6. The summed E-state index contributed by atoms with van der Waals surface area (Å²) >= 11 is 6.00. The van der Waals surface area contributed by atoms with Gasteiger partial charge in [-0.25, -0.2) is 19.0 Å². The molecule has 0 saturated carbocycles. The van der Waals surface area contributed by atoms with E-state index in [0.29, 0.717) is 11.3 Å². The lowest BCUT2D eigenvalue weighted by Gasteiger charge is -2.22. The van der Waals surface area contributed by atoms with Crippen molar-refractivity contribution in [2.75, 3.05) is 17.3 Å². The highest BCUT2D eigenvalue weighted by molar-refractivity contribution is 6.30. The van der Waals surface area contributed by atoms with Crippen LogP contribution >= 0.6 is 11.6 Å². The van der Waals surface area contributed by atoms with Crippen LogP contribution in [0, 0.1) is 5.82 Å². The zero-order chi connectivity index (χ0) is 27.6. The third-order valence-corrected chi connectivity index (χ3v) is 5.79. The number of hydrogen-bond donors (Lipinski definition) is 1. The molecule has 0 saturated heterocycles. The number of aromatic nitrogens is 4. The standard InChI is InChI=1S/C25H19ClF4N6O2/c1-14(15-12-31-22(32-13-15)23(37)33-18-8-6-17(27)7-9-18)24(38)35(2)21-11-20(25(28,29)30)34-36(21)19-5-3-4-16(26)10-19/h3-14H,1-2H3,(H,33,37). The van der Waals surface area contributed by atoms with Gasteiger partial charge in [-0.05, 0) is 49.4 Å². The Morgan fingerprint density at radius 1 is 1.05 bits per heavy atom. The lowest BCUT2D eigenvalue weighted by molar-refractivity contribution is -0.141. The first kappa shape index (κ1) is 26.7. The van der Waals surface area contributed by atoms with Crippen LogP contribution in [-0.2, 0) is 11.0 Å². The third kappa shape index (κ3) is 5.80. The number of carbonyl (C=O) groups is 2. The third-order valence-electron chi connectivity index (χ3n) is 5.56. The van der Waals surface area contributed by atoms with Crippen molar-refractivity contribution in [2.24, 2.45) is 0 Å². The molecule has 13 heteroatoms. The van der Waals surface area contributed by atoms with Crippen LogP contribution in [0.2, 0.25) is 5.02 Å². The van der Waals surface area contributed by atoms with Crippen molar-refractivity contribution in [3.63, 3.8) is 0 Å². The zero-order valence-corrected chi connectivity index (χ0v) is 20.6. The van der Waals surface area contributed by atoms with Crippen molar-refractivity contribution in [1.82, 2.24) is 19.7 Å². The molecule has 0 spiro atoms. The number of likely N-dealkylation sites (N-methyl/N-ethyl adjacent to an activating group) is 1. The SMILES string of the molecule is CC(C(=O)N(C)c1cc(C(F)(F)F)nn1-c1cccc(Cl)c1)c1cnc(C(=O)Nc2ccc(F)cc2)nc1. The Kier molecular flexibility index (Phi) is 7.44. The van der Waals surface area contributed by atoms with Gasteiger partial charge in [-0.15, -0.1) is 0 Å². The van der Waals surface area contributed by atoms with E-state index in [4.69, 9.17) is 11.6 Å². The second kappa shape index (κ2) is 10.6. The minimum absolute atomic E-state index is 0.132. The molecule has 4 aromatic rings. The molecular formula is C25H19ClF4N6O2. The van der Waals surface area contributed by atoms with Gasteiger partial charge in [-0.1, -0.05) is 17.7 Å². The van der Waals surface area contributed by atoms with Gasteiger partial charge in [0.2, 0.25) is 11.7 Å². The van der Waals surface area contributed by atoms with Gasteiger partial charge < -0.3 is 5.32 Å². The maximum Gasteiger partial charge on any atom is 0.435 e. The number of nitrogens with one attached hydrogen (secondary N) is 1. The molecule has 2 amide bonds. The molecule has 0 bridgehead atoms. The first-order valence-electron chi connectivity index (χ1n) is 11.0. The van der Waals surface area contributed by atoms with Gasteiger partial charge in [-0.3, -0.25) is 14.5 Å². The van der Waals surface area contributed by atoms with Gasteiger partial charge in [0.25, 0.3) is 5.91 Å². The fraction of sp³-hybridized carbons (Fsp3) is 0.160. The number of benzene rings is 2. The molecule has 8 nitrogen and oxygen atoms in total. The van der Waals surface area contributed by atoms with E-state index < -0.39 is 35.4 Å². The predicted molar refractivity (Wildman–Crippen MR) is 132 cm³/mol. The Labute approximate surface area is 218 Å². The second-order valence-corrected chi connectivity index (χ2v) is 8.63. The van der Waals surface area contributed by atoms with E-state index in [-0.39, 0.29) is 22.4 Å². The van der Waals surface area contributed by atoms with Crippen molar-refractivity contribution in [1.29, 1.82) is 0 Å². The molecule has 196 valence electrons. The topological polar surface area (TPSA) is 93.0 Å². The molecule has 38 heavy (non-hydrogen) atoms. The molecule has 0 aliphatic rings. The lowest BCUT2D eigenvalue weighted by Crippen LogP contribution is -2.32. The fourth-order valence-corrected chi connectivity index (χ4v) is 3.68. The number of alkyl halides is 3. The van der Waals surface area contributed by atoms with Crippen molar-refractivity contribution >= 4 is 34.9 Å². The van der Waals surface area contributed by atoms with Crippen LogP contribution < -0.4 is 10.2 Å². The molecule has 4 rings (SSSR count). The van der Waals surface area contributed by atoms with E-state index >= 15 is 0 Å². The molecule has 0 fully saturated rings. The number of anilines is 2. The second-order valence-electron chi connectivity index (χ2n) is 8.20. The van der Waals surface area contributed by atoms with Crippen molar-refractivity contribution in [2.45, 2.75) is 19.0 Å². The Morgan fingerprint density at radius 3 is 2.32 bits per heavy atom. The number of rotatable bonds is 6. The van der Waals surface area contributed by atoms with Gasteiger partial charge in [-0.2, -0.15) is 18.3 Å². The van der Waals surface area contributed by atoms with E-state index in [0.717, 1.165) is 15.6 Å². The molecule has 0 aliphatic heterocycles. The summed E-state index contributed by atoms with van der Waals surface area (Å²) < 4.78 is 54.4. The number of amides is 2. The molecule has 0 aliphatic carbocycles. The van der Waals surface area contributed by atoms with Crippen LogP contribution in [-0.4, -0.2) is 38.6 Å². The van der Waals surface area contributed by atoms with Crippen molar-refractivity contribution in [3.05, 3.63) is 94.9 Å². The van der Waals surface area contributed by atoms with E-state index in [1.54, 1.807) is 12.1 Å². The minimum Gasteiger partial charge on any atom is -0.319 e. The van der Waals surface area contributed by atoms with Crippen LogP contribution in [0.3, 0.4) is 0 Å². The van der Waals surface area contributed by atoms with Crippen LogP contribution in [0.4, 0.5) is 29.1 Å². The first-order chi connectivity index (χ1) is 17.9. The van der Waals surface area contributed by atoms with E-state index in [2.05, 4.69) is 20.4 Å². The predicted octanol–water partition coefficient (Wildman–Crippen LogP) is 5.49. The van der Waals surface area contributed by atoms with E-state index in [1.807, 2.05) is 0 Å². The summed E-state index contributed by atoms with van der Waals surface area (Å²) in [6, 6.07) is 11.9. The highest BCUT2D eigenvalue weighted by atomic mass is 35.5. The molecule has 1 unspecified atom stereocenters. The molecular weight excluding hydrogens is 528 g/mol. The maximum absolute atomic E-state index is 13.5. The molecule has 2 aromatic heterocycles. The summed E-state index contributed by atoms with van der Waals surface area (Å²) in [7, 11) is 1.32. The smallest absolute Gasteiger partial charge is 0.319 e. The minimum atomic E-state index is -4.74. The molecule has 0 radical (unpaired) electrons. The number of hydrogen-bond acceptors (Lipinski definition) is 5. The largest absolute Gasteiger partial charge is 0.435 e. The summed E-state index contributed by atoms with van der Waals surface area (Å²) in [5.41, 5.74) is -0.288. The van der Waals surface area contributed by atoms with Crippen LogP contribution in [0.25, 0.3) is 5.69 Å². The summed E-state index contributed by atoms with van der Waals surface area (Å²) in [5, 5.41) is 6.45. The van der Waals surface area contributed by atoms with Gasteiger partial charge in [0.1, 0.15) is 11.6 Å².